The second-order valence-corrected chi connectivity index (χ2v) is 5.34. The van der Waals surface area contributed by atoms with E-state index in [4.69, 9.17) is 10.8 Å². The smallest absolute Gasteiger partial charge is 0.305 e. The fourth-order valence-corrected chi connectivity index (χ4v) is 2.29. The Labute approximate surface area is 86.2 Å². The lowest BCUT2D eigenvalue weighted by atomic mass is 10.4. The van der Waals surface area contributed by atoms with E-state index in [1.165, 1.54) is 12.3 Å². The molecule has 7 heteroatoms. The summed E-state index contributed by atoms with van der Waals surface area (Å²) in [5, 5.41) is 8.46. The molecule has 1 heterocycles. The highest BCUT2D eigenvalue weighted by Crippen LogP contribution is 2.42. The summed E-state index contributed by atoms with van der Waals surface area (Å²) in [5.74, 6) is -2.54. The van der Waals surface area contributed by atoms with Crippen LogP contribution in [0, 0.1) is 0 Å². The van der Waals surface area contributed by atoms with Gasteiger partial charge in [-0.1, -0.05) is 6.07 Å². The fraction of sp³-hybridized carbons (Fsp3) is 0.250. The molecule has 0 amide bonds. The molecule has 0 aromatic carbocycles. The van der Waals surface area contributed by atoms with Gasteiger partial charge in [0.2, 0.25) is 0 Å². The molecule has 6 nitrogen and oxygen atoms in total. The predicted molar refractivity (Wildman–Crippen MR) is 53.9 cm³/mol. The molecule has 1 aromatic heterocycles. The van der Waals surface area contributed by atoms with Gasteiger partial charge in [-0.25, -0.2) is 0 Å². The van der Waals surface area contributed by atoms with Crippen LogP contribution < -0.4 is 11.2 Å². The SMILES string of the molecule is NC(CC(=O)O)P(=O)(O)c1ccccn1. The molecule has 0 fully saturated rings. The Bertz CT molecular complexity index is 395. The van der Waals surface area contributed by atoms with Crippen LogP contribution in [0.5, 0.6) is 0 Å². The third-order valence-corrected chi connectivity index (χ3v) is 3.81. The number of aliphatic carboxylic acids is 1. The third kappa shape index (κ3) is 2.86. The molecule has 82 valence electrons. The average Bonchev–Trinajstić information content (AvgIpc) is 2.18. The normalized spacial score (nSPS) is 16.7. The first-order valence-electron chi connectivity index (χ1n) is 4.16. The first-order chi connectivity index (χ1) is 6.94. The van der Waals surface area contributed by atoms with Crippen LogP contribution in [0.25, 0.3) is 0 Å². The van der Waals surface area contributed by atoms with Crippen LogP contribution in [0.2, 0.25) is 0 Å². The van der Waals surface area contributed by atoms with E-state index >= 15 is 0 Å². The second kappa shape index (κ2) is 4.53. The lowest BCUT2D eigenvalue weighted by molar-refractivity contribution is -0.137. The average molecular weight is 230 g/mol. The summed E-state index contributed by atoms with van der Waals surface area (Å²) in [6.45, 7) is 0. The summed E-state index contributed by atoms with van der Waals surface area (Å²) < 4.78 is 11.8. The van der Waals surface area contributed by atoms with Crippen molar-refractivity contribution in [2.75, 3.05) is 0 Å². The Balaban J connectivity index is 2.93. The van der Waals surface area contributed by atoms with E-state index in [0.29, 0.717) is 0 Å². The number of carbonyl (C=O) groups is 1. The van der Waals surface area contributed by atoms with Crippen LogP contribution in [0.4, 0.5) is 0 Å². The van der Waals surface area contributed by atoms with E-state index in [0.717, 1.165) is 0 Å². The van der Waals surface area contributed by atoms with Gasteiger partial charge in [-0.2, -0.15) is 0 Å². The van der Waals surface area contributed by atoms with Gasteiger partial charge in [0.15, 0.2) is 0 Å². The first-order valence-corrected chi connectivity index (χ1v) is 5.89. The lowest BCUT2D eigenvalue weighted by Crippen LogP contribution is -2.29. The van der Waals surface area contributed by atoms with Gasteiger partial charge in [0.1, 0.15) is 5.44 Å². The number of carboxylic acid groups (broad SMARTS) is 1. The Hall–Kier alpha value is -1.23. The van der Waals surface area contributed by atoms with E-state index in [9.17, 15) is 14.3 Å². The lowest BCUT2D eigenvalue weighted by Gasteiger charge is -2.16. The number of pyridine rings is 1. The van der Waals surface area contributed by atoms with Crippen molar-refractivity contribution < 1.29 is 19.4 Å². The van der Waals surface area contributed by atoms with Crippen molar-refractivity contribution in [3.8, 4) is 0 Å². The number of carboxylic acids is 1. The van der Waals surface area contributed by atoms with Crippen LogP contribution in [0.3, 0.4) is 0 Å². The van der Waals surface area contributed by atoms with E-state index < -0.39 is 25.5 Å². The molecule has 0 bridgehead atoms. The Morgan fingerprint density at radius 3 is 2.73 bits per heavy atom. The number of hydrogen-bond acceptors (Lipinski definition) is 4. The molecule has 4 N–H and O–H groups in total. The maximum absolute atomic E-state index is 11.8. The van der Waals surface area contributed by atoms with Gasteiger partial charge in [-0.3, -0.25) is 14.3 Å². The summed E-state index contributed by atoms with van der Waals surface area (Å²) in [5.41, 5.74) is 5.28. The number of hydrogen-bond donors (Lipinski definition) is 3. The molecule has 0 spiro atoms. The molecule has 0 saturated heterocycles. The fourth-order valence-electron chi connectivity index (χ4n) is 1.02. The molecule has 0 radical (unpaired) electrons. The van der Waals surface area contributed by atoms with Gasteiger partial charge in [0.05, 0.1) is 12.2 Å². The molecule has 0 aliphatic carbocycles. The van der Waals surface area contributed by atoms with Crippen LogP contribution >= 0.6 is 7.37 Å². The quantitative estimate of drug-likeness (QED) is 0.614. The Morgan fingerprint density at radius 2 is 2.27 bits per heavy atom. The zero-order valence-corrected chi connectivity index (χ0v) is 8.67. The van der Waals surface area contributed by atoms with Gasteiger partial charge >= 0.3 is 5.97 Å². The molecule has 1 rings (SSSR count). The van der Waals surface area contributed by atoms with E-state index in [1.54, 1.807) is 12.1 Å². The zero-order valence-electron chi connectivity index (χ0n) is 7.78. The van der Waals surface area contributed by atoms with Gasteiger partial charge in [-0.05, 0) is 12.1 Å². The number of nitrogens with two attached hydrogens (primary N) is 1. The molecule has 0 saturated carbocycles. The minimum Gasteiger partial charge on any atom is -0.481 e. The van der Waals surface area contributed by atoms with Crippen molar-refractivity contribution in [1.82, 2.24) is 4.98 Å². The zero-order chi connectivity index (χ0) is 11.5. The summed E-state index contributed by atoms with van der Waals surface area (Å²) in [7, 11) is -3.90. The summed E-state index contributed by atoms with van der Waals surface area (Å²) in [4.78, 5) is 23.7. The highest BCUT2D eigenvalue weighted by Gasteiger charge is 2.32. The monoisotopic (exact) mass is 230 g/mol. The molecule has 2 unspecified atom stereocenters. The van der Waals surface area contributed by atoms with Gasteiger partial charge in [0, 0.05) is 6.20 Å². The van der Waals surface area contributed by atoms with Crippen molar-refractivity contribution in [3.63, 3.8) is 0 Å². The molecule has 15 heavy (non-hydrogen) atoms. The highest BCUT2D eigenvalue weighted by atomic mass is 31.2. The molecule has 0 aliphatic heterocycles. The third-order valence-electron chi connectivity index (χ3n) is 1.81. The number of aromatic nitrogens is 1. The Kier molecular flexibility index (Phi) is 3.57. The van der Waals surface area contributed by atoms with Gasteiger partial charge in [0.25, 0.3) is 7.37 Å². The summed E-state index contributed by atoms with van der Waals surface area (Å²) >= 11 is 0. The van der Waals surface area contributed by atoms with Gasteiger partial charge in [-0.15, -0.1) is 0 Å². The van der Waals surface area contributed by atoms with Crippen LogP contribution in [-0.4, -0.2) is 26.7 Å². The summed E-state index contributed by atoms with van der Waals surface area (Å²) in [6.07, 6.45) is 0.788. The molecule has 1 aromatic rings. The summed E-state index contributed by atoms with van der Waals surface area (Å²) in [6, 6.07) is 4.48. The molecule has 0 aliphatic rings. The van der Waals surface area contributed by atoms with E-state index in [2.05, 4.69) is 4.98 Å². The van der Waals surface area contributed by atoms with Crippen LogP contribution in [0.1, 0.15) is 6.42 Å². The van der Waals surface area contributed by atoms with Crippen molar-refractivity contribution in [2.45, 2.75) is 12.2 Å². The molecular weight excluding hydrogens is 219 g/mol. The standard InChI is InChI=1S/C8H11N2O4P/c9-6(5-8(11)12)15(13,14)7-3-1-2-4-10-7/h1-4,6H,5,9H2,(H,11,12)(H,13,14). The minimum atomic E-state index is -3.90. The van der Waals surface area contributed by atoms with E-state index in [1.807, 2.05) is 0 Å². The highest BCUT2D eigenvalue weighted by molar-refractivity contribution is 7.66. The van der Waals surface area contributed by atoms with Crippen molar-refractivity contribution in [3.05, 3.63) is 24.4 Å². The van der Waals surface area contributed by atoms with Crippen LogP contribution in [0.15, 0.2) is 24.4 Å². The maximum atomic E-state index is 11.8. The number of rotatable bonds is 4. The second-order valence-electron chi connectivity index (χ2n) is 2.98. The van der Waals surface area contributed by atoms with Crippen molar-refractivity contribution in [2.24, 2.45) is 5.73 Å². The van der Waals surface area contributed by atoms with Crippen molar-refractivity contribution >= 4 is 18.8 Å². The van der Waals surface area contributed by atoms with Crippen LogP contribution in [-0.2, 0) is 9.36 Å². The van der Waals surface area contributed by atoms with Crippen molar-refractivity contribution in [1.29, 1.82) is 0 Å². The first kappa shape index (κ1) is 11.8. The predicted octanol–water partition coefficient (Wildman–Crippen LogP) is -0.263. The largest absolute Gasteiger partial charge is 0.481 e. The van der Waals surface area contributed by atoms with Gasteiger partial charge < -0.3 is 15.7 Å². The Morgan fingerprint density at radius 1 is 1.60 bits per heavy atom. The van der Waals surface area contributed by atoms with E-state index in [-0.39, 0.29) is 5.44 Å². The topological polar surface area (TPSA) is 114 Å². The minimum absolute atomic E-state index is 0.0706. The molecule has 2 atom stereocenters. The molecular formula is C8H11N2O4P. The number of nitrogens with zero attached hydrogens (tertiary/aromatic N) is 1. The maximum Gasteiger partial charge on any atom is 0.305 e.